The molecule has 0 amide bonds. The van der Waals surface area contributed by atoms with Crippen LogP contribution in [-0.2, 0) is 0 Å². The van der Waals surface area contributed by atoms with Crippen molar-refractivity contribution < 1.29 is 0 Å². The quantitative estimate of drug-likeness (QED) is 0.668. The van der Waals surface area contributed by atoms with Crippen LogP contribution in [0.3, 0.4) is 0 Å². The van der Waals surface area contributed by atoms with E-state index in [1.165, 1.54) is 11.3 Å². The Morgan fingerprint density at radius 1 is 1.00 bits per heavy atom. The maximum Gasteiger partial charge on any atom is 0.0482 e. The fourth-order valence-corrected chi connectivity index (χ4v) is 1.76. The summed E-state index contributed by atoms with van der Waals surface area (Å²) in [5.41, 5.74) is 3.50. The second kappa shape index (κ2) is 3.50. The Balaban J connectivity index is 2.60. The highest BCUT2D eigenvalue weighted by molar-refractivity contribution is 6.31. The lowest BCUT2D eigenvalue weighted by atomic mass is 10.1. The van der Waals surface area contributed by atoms with Crippen LogP contribution in [0, 0.1) is 13.8 Å². The van der Waals surface area contributed by atoms with Crippen molar-refractivity contribution in [2.75, 3.05) is 0 Å². The number of aryl methyl sites for hydroxylation is 2. The van der Waals surface area contributed by atoms with E-state index in [0.717, 1.165) is 10.6 Å². The van der Waals surface area contributed by atoms with Crippen molar-refractivity contribution in [3.05, 3.63) is 52.8 Å². The molecular weight excluding hydrogens is 194 g/mol. The first kappa shape index (κ1) is 9.35. The number of hydrogen-bond acceptors (Lipinski definition) is 0. The molecule has 0 atom stereocenters. The molecule has 0 saturated heterocycles. The smallest absolute Gasteiger partial charge is 0.0482 e. The SMILES string of the molecule is Cc1cc(-n2cccc2)c(C)cc1Cl. The van der Waals surface area contributed by atoms with Crippen molar-refractivity contribution in [3.8, 4) is 5.69 Å². The summed E-state index contributed by atoms with van der Waals surface area (Å²) in [6.45, 7) is 4.09. The van der Waals surface area contributed by atoms with Gasteiger partial charge in [-0.25, -0.2) is 0 Å². The topological polar surface area (TPSA) is 4.93 Å². The van der Waals surface area contributed by atoms with Gasteiger partial charge in [-0.3, -0.25) is 0 Å². The van der Waals surface area contributed by atoms with Gasteiger partial charge in [0.15, 0.2) is 0 Å². The van der Waals surface area contributed by atoms with E-state index in [2.05, 4.69) is 17.6 Å². The van der Waals surface area contributed by atoms with Gasteiger partial charge in [-0.05, 0) is 49.2 Å². The number of nitrogens with zero attached hydrogens (tertiary/aromatic N) is 1. The van der Waals surface area contributed by atoms with Crippen LogP contribution in [0.15, 0.2) is 36.7 Å². The fourth-order valence-electron chi connectivity index (χ4n) is 1.54. The number of halogens is 1. The molecule has 72 valence electrons. The number of hydrogen-bond donors (Lipinski definition) is 0. The van der Waals surface area contributed by atoms with Gasteiger partial charge in [-0.2, -0.15) is 0 Å². The molecule has 0 aliphatic rings. The van der Waals surface area contributed by atoms with Gasteiger partial charge >= 0.3 is 0 Å². The maximum absolute atomic E-state index is 6.04. The van der Waals surface area contributed by atoms with Gasteiger partial charge in [-0.1, -0.05) is 11.6 Å². The molecule has 0 N–H and O–H groups in total. The summed E-state index contributed by atoms with van der Waals surface area (Å²) in [7, 11) is 0. The molecule has 0 saturated carbocycles. The predicted octanol–water partition coefficient (Wildman–Crippen LogP) is 3.75. The van der Waals surface area contributed by atoms with Gasteiger partial charge in [0, 0.05) is 23.1 Å². The van der Waals surface area contributed by atoms with Crippen molar-refractivity contribution in [1.82, 2.24) is 4.57 Å². The molecule has 2 rings (SSSR count). The first-order chi connectivity index (χ1) is 6.68. The predicted molar refractivity (Wildman–Crippen MR) is 60.3 cm³/mol. The van der Waals surface area contributed by atoms with Crippen molar-refractivity contribution in [2.24, 2.45) is 0 Å². The Morgan fingerprint density at radius 3 is 2.29 bits per heavy atom. The lowest BCUT2D eigenvalue weighted by molar-refractivity contribution is 1.06. The van der Waals surface area contributed by atoms with Crippen LogP contribution in [0.25, 0.3) is 5.69 Å². The van der Waals surface area contributed by atoms with E-state index in [0.29, 0.717) is 0 Å². The van der Waals surface area contributed by atoms with Crippen LogP contribution >= 0.6 is 11.6 Å². The molecule has 14 heavy (non-hydrogen) atoms. The van der Waals surface area contributed by atoms with E-state index >= 15 is 0 Å². The minimum Gasteiger partial charge on any atom is -0.324 e. The number of rotatable bonds is 1. The Labute approximate surface area is 88.9 Å². The summed E-state index contributed by atoms with van der Waals surface area (Å²) < 4.78 is 2.10. The van der Waals surface area contributed by atoms with Crippen LogP contribution < -0.4 is 0 Å². The molecule has 2 aromatic rings. The monoisotopic (exact) mass is 205 g/mol. The van der Waals surface area contributed by atoms with Crippen molar-refractivity contribution in [2.45, 2.75) is 13.8 Å². The fraction of sp³-hybridized carbons (Fsp3) is 0.167. The molecule has 1 heterocycles. The maximum atomic E-state index is 6.04. The Kier molecular flexibility index (Phi) is 2.34. The third kappa shape index (κ3) is 1.55. The van der Waals surface area contributed by atoms with Crippen LogP contribution in [0.1, 0.15) is 11.1 Å². The zero-order valence-electron chi connectivity index (χ0n) is 8.29. The highest BCUT2D eigenvalue weighted by Gasteiger charge is 2.03. The molecule has 0 aliphatic carbocycles. The average molecular weight is 206 g/mol. The first-order valence-electron chi connectivity index (χ1n) is 4.58. The highest BCUT2D eigenvalue weighted by atomic mass is 35.5. The third-order valence-corrected chi connectivity index (χ3v) is 2.77. The minimum atomic E-state index is 0.832. The second-order valence-corrected chi connectivity index (χ2v) is 3.89. The second-order valence-electron chi connectivity index (χ2n) is 3.48. The van der Waals surface area contributed by atoms with Crippen molar-refractivity contribution in [3.63, 3.8) is 0 Å². The molecule has 0 bridgehead atoms. The van der Waals surface area contributed by atoms with E-state index in [1.807, 2.05) is 37.5 Å². The average Bonchev–Trinajstić information content (AvgIpc) is 2.64. The van der Waals surface area contributed by atoms with Gasteiger partial charge in [-0.15, -0.1) is 0 Å². The zero-order valence-corrected chi connectivity index (χ0v) is 9.05. The Bertz CT molecular complexity index is 444. The molecule has 0 unspecified atom stereocenters. The van der Waals surface area contributed by atoms with Crippen LogP contribution in [0.4, 0.5) is 0 Å². The summed E-state index contributed by atoms with van der Waals surface area (Å²) in [4.78, 5) is 0. The van der Waals surface area contributed by atoms with Crippen molar-refractivity contribution in [1.29, 1.82) is 0 Å². The summed E-state index contributed by atoms with van der Waals surface area (Å²) in [5.74, 6) is 0. The lowest BCUT2D eigenvalue weighted by Crippen LogP contribution is -1.94. The van der Waals surface area contributed by atoms with Gasteiger partial charge < -0.3 is 4.57 Å². The van der Waals surface area contributed by atoms with E-state index in [-0.39, 0.29) is 0 Å². The lowest BCUT2D eigenvalue weighted by Gasteiger charge is -2.09. The summed E-state index contributed by atoms with van der Waals surface area (Å²) in [5, 5.41) is 0.832. The molecule has 1 aromatic heterocycles. The molecule has 0 aliphatic heterocycles. The normalized spacial score (nSPS) is 10.5. The van der Waals surface area contributed by atoms with E-state index in [1.54, 1.807) is 0 Å². The van der Waals surface area contributed by atoms with Crippen LogP contribution in [0.2, 0.25) is 5.02 Å². The van der Waals surface area contributed by atoms with Crippen LogP contribution in [0.5, 0.6) is 0 Å². The summed E-state index contributed by atoms with van der Waals surface area (Å²) >= 11 is 6.04. The van der Waals surface area contributed by atoms with E-state index < -0.39 is 0 Å². The molecule has 1 aromatic carbocycles. The standard InChI is InChI=1S/C12H12ClN/c1-9-8-12(10(2)7-11(9)13)14-5-3-4-6-14/h3-8H,1-2H3. The minimum absolute atomic E-state index is 0.832. The number of benzene rings is 1. The molecular formula is C12H12ClN. The van der Waals surface area contributed by atoms with Gasteiger partial charge in [0.2, 0.25) is 0 Å². The van der Waals surface area contributed by atoms with Crippen molar-refractivity contribution >= 4 is 11.6 Å². The van der Waals surface area contributed by atoms with Crippen LogP contribution in [-0.4, -0.2) is 4.57 Å². The molecule has 0 radical (unpaired) electrons. The molecule has 2 heteroatoms. The molecule has 0 fully saturated rings. The summed E-state index contributed by atoms with van der Waals surface area (Å²) in [6, 6.07) is 8.15. The Morgan fingerprint density at radius 2 is 1.64 bits per heavy atom. The van der Waals surface area contributed by atoms with Gasteiger partial charge in [0.25, 0.3) is 0 Å². The Hall–Kier alpha value is -1.21. The largest absolute Gasteiger partial charge is 0.324 e. The van der Waals surface area contributed by atoms with Gasteiger partial charge in [0.05, 0.1) is 0 Å². The zero-order chi connectivity index (χ0) is 10.1. The highest BCUT2D eigenvalue weighted by Crippen LogP contribution is 2.23. The first-order valence-corrected chi connectivity index (χ1v) is 4.96. The van der Waals surface area contributed by atoms with E-state index in [4.69, 9.17) is 11.6 Å². The molecule has 0 spiro atoms. The number of aromatic nitrogens is 1. The molecule has 1 nitrogen and oxygen atoms in total. The van der Waals surface area contributed by atoms with E-state index in [9.17, 15) is 0 Å². The summed E-state index contributed by atoms with van der Waals surface area (Å²) in [6.07, 6.45) is 4.07. The van der Waals surface area contributed by atoms with Gasteiger partial charge in [0.1, 0.15) is 0 Å². The third-order valence-electron chi connectivity index (χ3n) is 2.36.